The highest BCUT2D eigenvalue weighted by Crippen LogP contribution is 2.36. The Morgan fingerprint density at radius 1 is 1.10 bits per heavy atom. The van der Waals surface area contributed by atoms with Crippen molar-refractivity contribution in [2.45, 2.75) is 19.8 Å². The largest absolute Gasteiger partial charge is 0.496 e. The maximum absolute atomic E-state index is 13.2. The number of hydrogen-bond donors (Lipinski definition) is 0. The molecule has 0 aliphatic carbocycles. The third-order valence-electron chi connectivity index (χ3n) is 4.84. The number of aromatic nitrogens is 1. The molecule has 29 heavy (non-hydrogen) atoms. The molecule has 0 fully saturated rings. The fourth-order valence-electron chi connectivity index (χ4n) is 3.33. The van der Waals surface area contributed by atoms with Gasteiger partial charge in [0.05, 0.1) is 19.2 Å². The molecule has 0 amide bonds. The van der Waals surface area contributed by atoms with Gasteiger partial charge in [-0.05, 0) is 24.6 Å². The highest BCUT2D eigenvalue weighted by molar-refractivity contribution is 6.01. The monoisotopic (exact) mass is 391 g/mol. The third kappa shape index (κ3) is 4.24. The highest BCUT2D eigenvalue weighted by Gasteiger charge is 2.18. The van der Waals surface area contributed by atoms with Gasteiger partial charge in [0, 0.05) is 35.2 Å². The summed E-state index contributed by atoms with van der Waals surface area (Å²) in [6.45, 7) is 2.40. The van der Waals surface area contributed by atoms with E-state index in [1.54, 1.807) is 24.8 Å². The molecule has 1 heterocycles. The lowest BCUT2D eigenvalue weighted by atomic mass is 9.95. The van der Waals surface area contributed by atoms with Crippen LogP contribution in [0, 0.1) is 0 Å². The Labute approximate surface area is 170 Å². The second kappa shape index (κ2) is 9.24. The summed E-state index contributed by atoms with van der Waals surface area (Å²) in [5, 5.41) is 0.901. The molecule has 150 valence electrons. The summed E-state index contributed by atoms with van der Waals surface area (Å²) in [6, 6.07) is 15.2. The number of rotatable bonds is 7. The lowest BCUT2D eigenvalue weighted by Gasteiger charge is -2.16. The fraction of sp³-hybridized carbons (Fsp3) is 0.250. The molecule has 5 nitrogen and oxygen atoms in total. The molecule has 1 aromatic heterocycles. The predicted octanol–water partition coefficient (Wildman–Crippen LogP) is 4.57. The molecule has 0 bridgehead atoms. The van der Waals surface area contributed by atoms with Gasteiger partial charge < -0.3 is 14.0 Å². The normalized spacial score (nSPS) is 11.1. The van der Waals surface area contributed by atoms with Gasteiger partial charge in [0.2, 0.25) is 0 Å². The molecule has 0 radical (unpaired) electrons. The summed E-state index contributed by atoms with van der Waals surface area (Å²) in [5.74, 6) is 0.200. The molecular weight excluding hydrogens is 366 g/mol. The number of ether oxygens (including phenoxy) is 2. The van der Waals surface area contributed by atoms with Crippen LogP contribution in [0.2, 0.25) is 0 Å². The first-order chi connectivity index (χ1) is 14.1. The van der Waals surface area contributed by atoms with Crippen molar-refractivity contribution in [2.75, 3.05) is 13.7 Å². The summed E-state index contributed by atoms with van der Waals surface area (Å²) in [6.07, 6.45) is 4.62. The van der Waals surface area contributed by atoms with Crippen LogP contribution in [0.15, 0.2) is 59.4 Å². The van der Waals surface area contributed by atoms with Gasteiger partial charge in [-0.3, -0.25) is 4.79 Å². The maximum atomic E-state index is 13.2. The van der Waals surface area contributed by atoms with E-state index in [0.29, 0.717) is 17.9 Å². The van der Waals surface area contributed by atoms with E-state index in [0.717, 1.165) is 34.9 Å². The molecule has 0 aliphatic rings. The molecule has 0 saturated carbocycles. The Bertz CT molecular complexity index is 1110. The fourth-order valence-corrected chi connectivity index (χ4v) is 3.33. The molecule has 0 spiro atoms. The highest BCUT2D eigenvalue weighted by atomic mass is 16.5. The number of carbonyl (C=O) groups is 1. The lowest BCUT2D eigenvalue weighted by molar-refractivity contribution is -0.137. The minimum Gasteiger partial charge on any atom is -0.496 e. The van der Waals surface area contributed by atoms with Gasteiger partial charge in [0.15, 0.2) is 0 Å². The Balaban J connectivity index is 2.22. The number of para-hydroxylation sites is 2. The number of pyridine rings is 1. The van der Waals surface area contributed by atoms with Crippen LogP contribution < -0.4 is 10.3 Å². The van der Waals surface area contributed by atoms with Crippen LogP contribution in [-0.4, -0.2) is 24.3 Å². The van der Waals surface area contributed by atoms with E-state index in [-0.39, 0.29) is 5.56 Å². The predicted molar refractivity (Wildman–Crippen MR) is 116 cm³/mol. The van der Waals surface area contributed by atoms with E-state index in [1.165, 1.54) is 6.08 Å². The minimum absolute atomic E-state index is 0.192. The quantitative estimate of drug-likeness (QED) is 0.336. The standard InChI is InChI=1S/C24H25NO4/c1-4-5-16-29-22(26)15-14-19-23(18-11-7-9-13-21(18)28-3)17-10-6-8-12-20(17)25(2)24(19)27/h6-15H,4-5,16H2,1-3H3/b15-14+. The SMILES string of the molecule is CCCCOC(=O)/C=C/c1c(-c2ccccc2OC)c2ccccc2n(C)c1=O. The zero-order valence-corrected chi connectivity index (χ0v) is 17.0. The van der Waals surface area contributed by atoms with Gasteiger partial charge >= 0.3 is 5.97 Å². The van der Waals surface area contributed by atoms with E-state index in [2.05, 4.69) is 0 Å². The van der Waals surface area contributed by atoms with Crippen LogP contribution in [-0.2, 0) is 16.6 Å². The number of unbranched alkanes of at least 4 members (excludes halogenated alkanes) is 1. The van der Waals surface area contributed by atoms with Crippen molar-refractivity contribution in [3.8, 4) is 16.9 Å². The number of esters is 1. The molecule has 3 aromatic rings. The molecule has 0 saturated heterocycles. The molecule has 3 rings (SSSR count). The number of aryl methyl sites for hydroxylation is 1. The Morgan fingerprint density at radius 2 is 1.83 bits per heavy atom. The first-order valence-electron chi connectivity index (χ1n) is 9.68. The molecule has 0 atom stereocenters. The van der Waals surface area contributed by atoms with Crippen LogP contribution in [0.4, 0.5) is 0 Å². The smallest absolute Gasteiger partial charge is 0.330 e. The number of hydrogen-bond acceptors (Lipinski definition) is 4. The first kappa shape index (κ1) is 20.4. The van der Waals surface area contributed by atoms with Crippen molar-refractivity contribution in [1.82, 2.24) is 4.57 Å². The summed E-state index contributed by atoms with van der Waals surface area (Å²) >= 11 is 0. The number of fused-ring (bicyclic) bond motifs is 1. The van der Waals surface area contributed by atoms with Gasteiger partial charge in [0.1, 0.15) is 5.75 Å². The van der Waals surface area contributed by atoms with Crippen molar-refractivity contribution in [2.24, 2.45) is 7.05 Å². The van der Waals surface area contributed by atoms with E-state index >= 15 is 0 Å². The summed E-state index contributed by atoms with van der Waals surface area (Å²) in [7, 11) is 3.33. The van der Waals surface area contributed by atoms with E-state index in [1.807, 2.05) is 55.5 Å². The van der Waals surface area contributed by atoms with Crippen molar-refractivity contribution in [3.05, 3.63) is 70.5 Å². The van der Waals surface area contributed by atoms with Crippen LogP contribution >= 0.6 is 0 Å². The minimum atomic E-state index is -0.459. The number of methoxy groups -OCH3 is 1. The van der Waals surface area contributed by atoms with Crippen LogP contribution in [0.1, 0.15) is 25.3 Å². The topological polar surface area (TPSA) is 57.5 Å². The average molecular weight is 391 g/mol. The van der Waals surface area contributed by atoms with Gasteiger partial charge in [-0.15, -0.1) is 0 Å². The van der Waals surface area contributed by atoms with Crippen LogP contribution in [0.25, 0.3) is 28.1 Å². The summed E-state index contributed by atoms with van der Waals surface area (Å²) in [4.78, 5) is 25.2. The van der Waals surface area contributed by atoms with Crippen molar-refractivity contribution < 1.29 is 14.3 Å². The van der Waals surface area contributed by atoms with Crippen LogP contribution in [0.3, 0.4) is 0 Å². The van der Waals surface area contributed by atoms with Gasteiger partial charge in [-0.1, -0.05) is 49.7 Å². The summed E-state index contributed by atoms with van der Waals surface area (Å²) in [5.41, 5.74) is 2.56. The zero-order valence-electron chi connectivity index (χ0n) is 17.0. The number of benzene rings is 2. The molecule has 5 heteroatoms. The third-order valence-corrected chi connectivity index (χ3v) is 4.84. The van der Waals surface area contributed by atoms with E-state index < -0.39 is 5.97 Å². The second-order valence-corrected chi connectivity index (χ2v) is 6.72. The average Bonchev–Trinajstić information content (AvgIpc) is 2.75. The Kier molecular flexibility index (Phi) is 6.50. The molecule has 0 unspecified atom stereocenters. The Morgan fingerprint density at radius 3 is 2.59 bits per heavy atom. The van der Waals surface area contributed by atoms with Crippen molar-refractivity contribution in [1.29, 1.82) is 0 Å². The maximum Gasteiger partial charge on any atom is 0.330 e. The molecule has 0 aliphatic heterocycles. The van der Waals surface area contributed by atoms with Crippen LogP contribution in [0.5, 0.6) is 5.75 Å². The zero-order chi connectivity index (χ0) is 20.8. The molecular formula is C24H25NO4. The number of carbonyl (C=O) groups excluding carboxylic acids is 1. The van der Waals surface area contributed by atoms with Crippen molar-refractivity contribution >= 4 is 22.9 Å². The second-order valence-electron chi connectivity index (χ2n) is 6.72. The van der Waals surface area contributed by atoms with Crippen molar-refractivity contribution in [3.63, 3.8) is 0 Å². The first-order valence-corrected chi connectivity index (χ1v) is 9.68. The van der Waals surface area contributed by atoms with Gasteiger partial charge in [-0.25, -0.2) is 4.79 Å². The van der Waals surface area contributed by atoms with Gasteiger partial charge in [0.25, 0.3) is 5.56 Å². The number of nitrogens with zero attached hydrogens (tertiary/aromatic N) is 1. The Hall–Kier alpha value is -3.34. The van der Waals surface area contributed by atoms with E-state index in [4.69, 9.17) is 9.47 Å². The lowest BCUT2D eigenvalue weighted by Crippen LogP contribution is -2.21. The molecule has 0 N–H and O–H groups in total. The van der Waals surface area contributed by atoms with E-state index in [9.17, 15) is 9.59 Å². The van der Waals surface area contributed by atoms with Gasteiger partial charge in [-0.2, -0.15) is 0 Å². The molecule has 2 aromatic carbocycles. The summed E-state index contributed by atoms with van der Waals surface area (Å²) < 4.78 is 12.3.